The third kappa shape index (κ3) is 5.79. The number of nitrogens with zero attached hydrogens (tertiary/aromatic N) is 5. The second kappa shape index (κ2) is 9.13. The van der Waals surface area contributed by atoms with Gasteiger partial charge in [0, 0.05) is 24.7 Å². The zero-order valence-corrected chi connectivity index (χ0v) is 18.9. The highest BCUT2D eigenvalue weighted by atomic mass is 35.5. The van der Waals surface area contributed by atoms with Crippen molar-refractivity contribution < 1.29 is 9.41 Å². The largest absolute Gasteiger partial charge is 0.330 e. The Morgan fingerprint density at radius 1 is 1.23 bits per heavy atom. The number of hydrogen-bond acceptors (Lipinski definition) is 7. The molecule has 158 valence electrons. The average molecular weight is 448 g/mol. The highest BCUT2D eigenvalue weighted by molar-refractivity contribution is 7.22. The molecule has 3 aromatic rings. The van der Waals surface area contributed by atoms with Gasteiger partial charge in [0.2, 0.25) is 5.13 Å². The van der Waals surface area contributed by atoms with Gasteiger partial charge in [0.1, 0.15) is 5.52 Å². The molecule has 0 aliphatic rings. The molecular weight excluding hydrogens is 424 g/mol. The number of aromatic nitrogens is 1. The maximum Gasteiger partial charge on any atom is 0.272 e. The van der Waals surface area contributed by atoms with Crippen LogP contribution in [0.4, 0.5) is 16.5 Å². The van der Waals surface area contributed by atoms with Crippen molar-refractivity contribution in [2.45, 2.75) is 13.0 Å². The van der Waals surface area contributed by atoms with E-state index in [1.165, 1.54) is 29.0 Å². The van der Waals surface area contributed by atoms with E-state index in [2.05, 4.69) is 48.6 Å². The van der Waals surface area contributed by atoms with E-state index >= 15 is 0 Å². The molecule has 0 aliphatic carbocycles. The smallest absolute Gasteiger partial charge is 0.272 e. The zero-order valence-electron chi connectivity index (χ0n) is 17.3. The lowest BCUT2D eigenvalue weighted by Crippen LogP contribution is -2.40. The van der Waals surface area contributed by atoms with Crippen LogP contribution in [0.15, 0.2) is 46.6 Å². The Morgan fingerprint density at radius 2 is 1.93 bits per heavy atom. The first-order valence-corrected chi connectivity index (χ1v) is 10.6. The summed E-state index contributed by atoms with van der Waals surface area (Å²) >= 11 is 7.31. The molecule has 1 aromatic heterocycles. The zero-order chi connectivity index (χ0) is 21.9. The summed E-state index contributed by atoms with van der Waals surface area (Å²) in [5.41, 5.74) is 2.30. The fourth-order valence-electron chi connectivity index (χ4n) is 2.78. The average Bonchev–Trinajstić information content (AvgIpc) is 3.09. The van der Waals surface area contributed by atoms with E-state index in [0.29, 0.717) is 21.0 Å². The van der Waals surface area contributed by atoms with Gasteiger partial charge in [-0.2, -0.15) is 0 Å². The van der Waals surface area contributed by atoms with Gasteiger partial charge in [0.05, 0.1) is 48.0 Å². The summed E-state index contributed by atoms with van der Waals surface area (Å²) in [6.45, 7) is 4.12. The monoisotopic (exact) mass is 447 g/mol. The minimum absolute atomic E-state index is 0.0700. The number of nitro groups is 1. The maximum absolute atomic E-state index is 11.0. The molecular formula is C20H24ClN6O2S+. The van der Waals surface area contributed by atoms with Crippen molar-refractivity contribution in [2.75, 3.05) is 34.2 Å². The van der Waals surface area contributed by atoms with Crippen molar-refractivity contribution in [2.24, 2.45) is 10.2 Å². The normalized spacial score (nSPS) is 13.2. The molecule has 0 aliphatic heterocycles. The summed E-state index contributed by atoms with van der Waals surface area (Å²) in [6.07, 6.45) is 0. The van der Waals surface area contributed by atoms with Crippen LogP contribution in [0.3, 0.4) is 0 Å². The highest BCUT2D eigenvalue weighted by Gasteiger charge is 2.14. The minimum Gasteiger partial charge on any atom is -0.330 e. The van der Waals surface area contributed by atoms with Gasteiger partial charge in [-0.3, -0.25) is 10.1 Å². The number of fused-ring (bicyclic) bond motifs is 1. The van der Waals surface area contributed by atoms with Gasteiger partial charge in [0.25, 0.3) is 5.69 Å². The van der Waals surface area contributed by atoms with Crippen molar-refractivity contribution in [1.29, 1.82) is 0 Å². The molecule has 1 atom stereocenters. The van der Waals surface area contributed by atoms with Crippen molar-refractivity contribution in [1.82, 2.24) is 10.3 Å². The number of halogens is 1. The minimum atomic E-state index is -0.480. The number of azo groups is 1. The molecule has 0 saturated heterocycles. The second-order valence-corrected chi connectivity index (χ2v) is 9.43. The topological polar surface area (TPSA) is 92.8 Å². The van der Waals surface area contributed by atoms with Crippen molar-refractivity contribution in [3.63, 3.8) is 0 Å². The number of rotatable bonds is 8. The van der Waals surface area contributed by atoms with Crippen molar-refractivity contribution in [3.05, 3.63) is 57.1 Å². The summed E-state index contributed by atoms with van der Waals surface area (Å²) in [5, 5.41) is 23.5. The molecule has 2 aromatic carbocycles. The summed E-state index contributed by atoms with van der Waals surface area (Å²) in [6, 6.07) is 10.8. The van der Waals surface area contributed by atoms with E-state index in [1.54, 1.807) is 0 Å². The van der Waals surface area contributed by atoms with Crippen LogP contribution in [0, 0.1) is 10.1 Å². The summed E-state index contributed by atoms with van der Waals surface area (Å²) < 4.78 is 1.52. The number of likely N-dealkylation sites (N-methyl/N-ethyl adjacent to an activating group) is 1. The molecule has 1 heterocycles. The van der Waals surface area contributed by atoms with E-state index in [4.69, 9.17) is 11.6 Å². The van der Waals surface area contributed by atoms with Gasteiger partial charge in [0.15, 0.2) is 0 Å². The van der Waals surface area contributed by atoms with Gasteiger partial charge in [-0.1, -0.05) is 35.1 Å². The second-order valence-electron chi connectivity index (χ2n) is 8.01. The van der Waals surface area contributed by atoms with Crippen LogP contribution < -0.4 is 5.32 Å². The van der Waals surface area contributed by atoms with Gasteiger partial charge in [-0.15, -0.1) is 10.2 Å². The summed E-state index contributed by atoms with van der Waals surface area (Å²) in [4.78, 5) is 14.8. The highest BCUT2D eigenvalue weighted by Crippen LogP contribution is 2.36. The van der Waals surface area contributed by atoms with Crippen LogP contribution in [-0.2, 0) is 0 Å². The molecule has 0 radical (unpaired) electrons. The summed E-state index contributed by atoms with van der Waals surface area (Å²) in [7, 11) is 6.52. The fraction of sp³-hybridized carbons (Fsp3) is 0.350. The number of hydrogen-bond donors (Lipinski definition) is 1. The Labute approximate surface area is 184 Å². The SMILES string of the molecule is CC(NCC[N+](C)(C)C)c1ccc(N=Nc2nc3c(Cl)cc([N+](=O)[O-])cc3s2)cc1. The van der Waals surface area contributed by atoms with Gasteiger partial charge >= 0.3 is 0 Å². The van der Waals surface area contributed by atoms with Crippen LogP contribution in [-0.4, -0.2) is 48.6 Å². The predicted octanol–water partition coefficient (Wildman–Crippen LogP) is 5.63. The molecule has 0 fully saturated rings. The Kier molecular flexibility index (Phi) is 6.77. The maximum atomic E-state index is 11.0. The van der Waals surface area contributed by atoms with Crippen LogP contribution in [0.25, 0.3) is 10.2 Å². The van der Waals surface area contributed by atoms with Crippen LogP contribution in [0.1, 0.15) is 18.5 Å². The molecule has 30 heavy (non-hydrogen) atoms. The number of quaternary nitrogens is 1. The van der Waals surface area contributed by atoms with Crippen molar-refractivity contribution >= 4 is 49.7 Å². The molecule has 1 N–H and O–H groups in total. The molecule has 1 unspecified atom stereocenters. The molecule has 0 amide bonds. The Bertz CT molecular complexity index is 1080. The molecule has 0 saturated carbocycles. The van der Waals surface area contributed by atoms with Crippen molar-refractivity contribution in [3.8, 4) is 0 Å². The quantitative estimate of drug-likeness (QED) is 0.209. The lowest BCUT2D eigenvalue weighted by atomic mass is 10.1. The molecule has 0 spiro atoms. The van der Waals surface area contributed by atoms with Gasteiger partial charge in [-0.25, -0.2) is 4.98 Å². The molecule has 3 rings (SSSR count). The molecule has 0 bridgehead atoms. The van der Waals surface area contributed by atoms with Gasteiger partial charge in [-0.05, 0) is 24.6 Å². The number of benzene rings is 2. The van der Waals surface area contributed by atoms with E-state index in [-0.39, 0.29) is 16.8 Å². The van der Waals surface area contributed by atoms with E-state index < -0.39 is 4.92 Å². The van der Waals surface area contributed by atoms with E-state index in [1.807, 2.05) is 24.3 Å². The number of nitrogens with one attached hydrogen (secondary N) is 1. The third-order valence-electron chi connectivity index (χ3n) is 4.51. The standard InChI is InChI=1S/C20H24ClN6O2S/c1-13(22-9-10-27(2,3)4)14-5-7-15(8-6-14)24-25-20-23-19-17(21)11-16(26(28)29)12-18(19)30-20/h5-8,11-13,22H,9-10H2,1-4H3/q+1. The summed E-state index contributed by atoms with van der Waals surface area (Å²) in [5.74, 6) is 0. The first-order valence-electron chi connectivity index (χ1n) is 9.42. The number of thiazole rings is 1. The van der Waals surface area contributed by atoms with Crippen LogP contribution in [0.2, 0.25) is 5.02 Å². The van der Waals surface area contributed by atoms with E-state index in [9.17, 15) is 10.1 Å². The number of nitro benzene ring substituents is 1. The Morgan fingerprint density at radius 3 is 2.57 bits per heavy atom. The Balaban J connectivity index is 1.68. The molecule has 8 nitrogen and oxygen atoms in total. The first kappa shape index (κ1) is 22.2. The van der Waals surface area contributed by atoms with E-state index in [0.717, 1.165) is 17.6 Å². The molecule has 10 heteroatoms. The lowest BCUT2D eigenvalue weighted by molar-refractivity contribution is -0.869. The first-order chi connectivity index (χ1) is 14.1. The van der Waals surface area contributed by atoms with Crippen LogP contribution >= 0.6 is 22.9 Å². The van der Waals surface area contributed by atoms with Gasteiger partial charge < -0.3 is 9.80 Å². The number of non-ortho nitro benzene ring substituents is 1. The fourth-order valence-corrected chi connectivity index (χ4v) is 3.94. The Hall–Kier alpha value is -2.46. The third-order valence-corrected chi connectivity index (χ3v) is 5.68. The van der Waals surface area contributed by atoms with Crippen LogP contribution in [0.5, 0.6) is 0 Å². The predicted molar refractivity (Wildman–Crippen MR) is 121 cm³/mol. The lowest BCUT2D eigenvalue weighted by Gasteiger charge is -2.25.